The molecule has 0 unspecified atom stereocenters. The smallest absolute Gasteiger partial charge is 0.280 e. The predicted octanol–water partition coefficient (Wildman–Crippen LogP) is 4.19. The van der Waals surface area contributed by atoms with E-state index in [1.54, 1.807) is 35.0 Å². The Morgan fingerprint density at radius 2 is 1.75 bits per heavy atom. The average molecular weight is 402 g/mol. The molecule has 0 N–H and O–H groups in total. The van der Waals surface area contributed by atoms with E-state index in [-0.39, 0.29) is 17.0 Å². The van der Waals surface area contributed by atoms with Gasteiger partial charge in [0.15, 0.2) is 5.16 Å². The van der Waals surface area contributed by atoms with Gasteiger partial charge in [-0.15, -0.1) is 10.2 Å². The number of aromatic nitrogens is 4. The van der Waals surface area contributed by atoms with Crippen LogP contribution in [0.2, 0.25) is 0 Å². The molecule has 0 aliphatic carbocycles. The molecule has 0 aliphatic rings. The molecule has 0 amide bonds. The van der Waals surface area contributed by atoms with E-state index in [4.69, 9.17) is 0 Å². The Balaban J connectivity index is 1.61. The second kappa shape index (κ2) is 7.16. The van der Waals surface area contributed by atoms with Crippen LogP contribution in [0, 0.1) is 0 Å². The lowest BCUT2D eigenvalue weighted by molar-refractivity contribution is -0.137. The summed E-state index contributed by atoms with van der Waals surface area (Å²) in [6.45, 7) is 0. The fraction of sp³-hybridized carbons (Fsp3) is 0.105. The zero-order chi connectivity index (χ0) is 19.7. The minimum absolute atomic E-state index is 0.151. The highest BCUT2D eigenvalue weighted by Gasteiger charge is 2.30. The molecule has 4 aromatic rings. The van der Waals surface area contributed by atoms with E-state index in [2.05, 4.69) is 10.2 Å². The summed E-state index contributed by atoms with van der Waals surface area (Å²) in [5.41, 5.74) is 0.345. The van der Waals surface area contributed by atoms with Crippen molar-refractivity contribution in [3.05, 3.63) is 88.5 Å². The first-order valence-electron chi connectivity index (χ1n) is 8.24. The molecule has 0 atom stereocenters. The van der Waals surface area contributed by atoms with E-state index in [1.165, 1.54) is 22.4 Å². The van der Waals surface area contributed by atoms with Crippen molar-refractivity contribution in [2.24, 2.45) is 0 Å². The summed E-state index contributed by atoms with van der Waals surface area (Å²) in [6.07, 6.45) is -1.11. The van der Waals surface area contributed by atoms with E-state index in [0.717, 1.165) is 12.1 Å². The molecule has 2 aromatic carbocycles. The highest BCUT2D eigenvalue weighted by Crippen LogP contribution is 2.31. The summed E-state index contributed by atoms with van der Waals surface area (Å²) < 4.78 is 41.5. The van der Waals surface area contributed by atoms with E-state index in [1.807, 2.05) is 18.2 Å². The molecule has 0 saturated heterocycles. The Kier molecular flexibility index (Phi) is 4.68. The lowest BCUT2D eigenvalue weighted by atomic mass is 10.1. The lowest BCUT2D eigenvalue weighted by Crippen LogP contribution is -2.20. The van der Waals surface area contributed by atoms with Crippen LogP contribution in [0.15, 0.2) is 76.9 Å². The Morgan fingerprint density at radius 3 is 2.50 bits per heavy atom. The van der Waals surface area contributed by atoms with Gasteiger partial charge in [-0.3, -0.25) is 13.8 Å². The Labute approximate surface area is 161 Å². The van der Waals surface area contributed by atoms with Crippen molar-refractivity contribution in [3.8, 4) is 5.69 Å². The molecule has 4 rings (SSSR count). The van der Waals surface area contributed by atoms with E-state index < -0.39 is 11.7 Å². The quantitative estimate of drug-likeness (QED) is 0.481. The highest BCUT2D eigenvalue weighted by atomic mass is 32.2. The van der Waals surface area contributed by atoms with Gasteiger partial charge in [-0.1, -0.05) is 48.2 Å². The molecule has 2 heterocycles. The number of fused-ring (bicyclic) bond motifs is 1. The first kappa shape index (κ1) is 18.3. The molecule has 0 bridgehead atoms. The van der Waals surface area contributed by atoms with Crippen molar-refractivity contribution < 1.29 is 13.2 Å². The van der Waals surface area contributed by atoms with Gasteiger partial charge in [0.05, 0.1) is 5.56 Å². The highest BCUT2D eigenvalue weighted by molar-refractivity contribution is 7.98. The van der Waals surface area contributed by atoms with Crippen LogP contribution in [0.1, 0.15) is 11.1 Å². The minimum Gasteiger partial charge on any atom is -0.280 e. The summed E-state index contributed by atoms with van der Waals surface area (Å²) in [4.78, 5) is 12.7. The van der Waals surface area contributed by atoms with Crippen LogP contribution in [0.3, 0.4) is 0 Å². The monoisotopic (exact) mass is 402 g/mol. The maximum absolute atomic E-state index is 12.8. The molecule has 0 spiro atoms. The summed E-state index contributed by atoms with van der Waals surface area (Å²) in [6, 6.07) is 14.2. The van der Waals surface area contributed by atoms with Gasteiger partial charge in [-0.05, 0) is 23.8 Å². The molecule has 28 heavy (non-hydrogen) atoms. The van der Waals surface area contributed by atoms with Gasteiger partial charge < -0.3 is 0 Å². The molecule has 0 radical (unpaired) electrons. The second-order valence-electron chi connectivity index (χ2n) is 5.97. The number of hydrogen-bond acceptors (Lipinski definition) is 4. The van der Waals surface area contributed by atoms with Crippen molar-refractivity contribution >= 4 is 17.4 Å². The summed E-state index contributed by atoms with van der Waals surface area (Å²) in [7, 11) is 0. The first-order valence-corrected chi connectivity index (χ1v) is 9.23. The number of para-hydroxylation sites is 1. The van der Waals surface area contributed by atoms with Crippen molar-refractivity contribution in [1.29, 1.82) is 0 Å². The van der Waals surface area contributed by atoms with Crippen LogP contribution in [0.4, 0.5) is 13.2 Å². The van der Waals surface area contributed by atoms with Crippen LogP contribution < -0.4 is 5.56 Å². The van der Waals surface area contributed by atoms with Gasteiger partial charge in [0.2, 0.25) is 5.65 Å². The number of thioether (sulfide) groups is 1. The third-order valence-electron chi connectivity index (χ3n) is 4.10. The Morgan fingerprint density at radius 1 is 0.964 bits per heavy atom. The maximum atomic E-state index is 12.8. The van der Waals surface area contributed by atoms with Crippen molar-refractivity contribution in [3.63, 3.8) is 0 Å². The summed E-state index contributed by atoms with van der Waals surface area (Å²) in [5.74, 6) is 0.270. The first-order chi connectivity index (χ1) is 13.4. The predicted molar refractivity (Wildman–Crippen MR) is 99.6 cm³/mol. The lowest BCUT2D eigenvalue weighted by Gasteiger charge is -2.08. The number of rotatable bonds is 4. The molecule has 9 heteroatoms. The van der Waals surface area contributed by atoms with Gasteiger partial charge in [-0.2, -0.15) is 13.2 Å². The molecule has 142 valence electrons. The third kappa shape index (κ3) is 3.53. The molecule has 0 saturated carbocycles. The Hall–Kier alpha value is -3.07. The molecular formula is C19H13F3N4OS. The van der Waals surface area contributed by atoms with Crippen LogP contribution in [0.5, 0.6) is 0 Å². The molecule has 0 aliphatic heterocycles. The molecule has 0 fully saturated rings. The van der Waals surface area contributed by atoms with Gasteiger partial charge in [0, 0.05) is 23.8 Å². The number of alkyl halides is 3. The number of halogens is 3. The largest absolute Gasteiger partial charge is 0.416 e. The van der Waals surface area contributed by atoms with Crippen LogP contribution in [-0.4, -0.2) is 19.2 Å². The minimum atomic E-state index is -4.38. The molecule has 2 aromatic heterocycles. The number of benzene rings is 2. The topological polar surface area (TPSA) is 52.2 Å². The zero-order valence-electron chi connectivity index (χ0n) is 14.3. The van der Waals surface area contributed by atoms with Gasteiger partial charge in [-0.25, -0.2) is 0 Å². The van der Waals surface area contributed by atoms with E-state index >= 15 is 0 Å². The zero-order valence-corrected chi connectivity index (χ0v) is 15.1. The molecular weight excluding hydrogens is 389 g/mol. The molecule has 5 nitrogen and oxygen atoms in total. The van der Waals surface area contributed by atoms with Crippen LogP contribution in [0.25, 0.3) is 11.3 Å². The summed E-state index contributed by atoms with van der Waals surface area (Å²) in [5, 5.41) is 8.40. The Bertz CT molecular complexity index is 1190. The maximum Gasteiger partial charge on any atom is 0.416 e. The number of nitrogens with zero attached hydrogens (tertiary/aromatic N) is 4. The van der Waals surface area contributed by atoms with Crippen molar-refractivity contribution in [1.82, 2.24) is 19.2 Å². The van der Waals surface area contributed by atoms with Crippen LogP contribution >= 0.6 is 11.8 Å². The van der Waals surface area contributed by atoms with Gasteiger partial charge >= 0.3 is 11.7 Å². The fourth-order valence-corrected chi connectivity index (χ4v) is 3.60. The summed E-state index contributed by atoms with van der Waals surface area (Å²) >= 11 is 1.21. The third-order valence-corrected chi connectivity index (χ3v) is 5.11. The normalized spacial score (nSPS) is 11.8. The average Bonchev–Trinajstić information content (AvgIpc) is 3.11. The standard InChI is InChI=1S/C19H13F3N4OS/c20-19(21,22)14-6-4-5-13(11-14)12-28-18-24-23-16-17(27)25(9-10-26(16)18)15-7-2-1-3-8-15/h1-11H,12H2. The van der Waals surface area contributed by atoms with Gasteiger partial charge in [0.1, 0.15) is 0 Å². The van der Waals surface area contributed by atoms with Crippen molar-refractivity contribution in [2.75, 3.05) is 0 Å². The SMILES string of the molecule is O=c1c2nnc(SCc3cccc(C(F)(F)F)c3)n2ccn1-c1ccccc1. The van der Waals surface area contributed by atoms with Crippen LogP contribution in [-0.2, 0) is 11.9 Å². The second-order valence-corrected chi connectivity index (χ2v) is 6.91. The van der Waals surface area contributed by atoms with Gasteiger partial charge in [0.25, 0.3) is 0 Å². The van der Waals surface area contributed by atoms with E-state index in [9.17, 15) is 18.0 Å². The number of hydrogen-bond donors (Lipinski definition) is 0. The fourth-order valence-electron chi connectivity index (χ4n) is 2.74. The van der Waals surface area contributed by atoms with E-state index in [0.29, 0.717) is 16.4 Å². The van der Waals surface area contributed by atoms with Crippen molar-refractivity contribution in [2.45, 2.75) is 17.1 Å².